The highest BCUT2D eigenvalue weighted by molar-refractivity contribution is 5.87. The van der Waals surface area contributed by atoms with Crippen molar-refractivity contribution in [3.8, 4) is 11.5 Å². The monoisotopic (exact) mass is 307 g/mol. The van der Waals surface area contributed by atoms with E-state index in [2.05, 4.69) is 0 Å². The molecule has 1 amide bonds. The number of nitrogens with one attached hydrogen (secondary N) is 1. The SMILES string of the molecule is COc1cc(CC(NC(=O)C(F)(F)F)C(=O)O)ccc1O. The molecule has 0 aliphatic carbocycles. The van der Waals surface area contributed by atoms with Crippen LogP contribution in [0.3, 0.4) is 0 Å². The summed E-state index contributed by atoms with van der Waals surface area (Å²) in [5.41, 5.74) is 0.277. The van der Waals surface area contributed by atoms with Crippen molar-refractivity contribution in [2.75, 3.05) is 7.11 Å². The zero-order valence-electron chi connectivity index (χ0n) is 10.8. The summed E-state index contributed by atoms with van der Waals surface area (Å²) in [6.45, 7) is 0. The second-order valence-electron chi connectivity index (χ2n) is 4.07. The van der Waals surface area contributed by atoms with Gasteiger partial charge in [-0.3, -0.25) is 4.79 Å². The number of aliphatic carboxylic acids is 1. The number of methoxy groups -OCH3 is 1. The lowest BCUT2D eigenvalue weighted by Crippen LogP contribution is -2.47. The van der Waals surface area contributed by atoms with Crippen molar-refractivity contribution in [2.24, 2.45) is 0 Å². The van der Waals surface area contributed by atoms with Gasteiger partial charge in [0.1, 0.15) is 6.04 Å². The molecule has 1 atom stereocenters. The first kappa shape index (κ1) is 16.6. The number of phenols is 1. The Morgan fingerprint density at radius 2 is 2.00 bits per heavy atom. The number of benzene rings is 1. The number of carboxylic acids is 1. The number of carbonyl (C=O) groups is 2. The van der Waals surface area contributed by atoms with E-state index < -0.39 is 30.5 Å². The zero-order chi connectivity index (χ0) is 16.2. The normalized spacial score (nSPS) is 12.6. The van der Waals surface area contributed by atoms with Gasteiger partial charge in [-0.1, -0.05) is 6.07 Å². The van der Waals surface area contributed by atoms with Gasteiger partial charge in [0.15, 0.2) is 11.5 Å². The largest absolute Gasteiger partial charge is 0.504 e. The molecular formula is C12H12F3NO5. The summed E-state index contributed by atoms with van der Waals surface area (Å²) in [7, 11) is 1.26. The molecule has 0 saturated carbocycles. The molecule has 3 N–H and O–H groups in total. The van der Waals surface area contributed by atoms with E-state index >= 15 is 0 Å². The molecule has 116 valence electrons. The number of carbonyl (C=O) groups excluding carboxylic acids is 1. The van der Waals surface area contributed by atoms with Gasteiger partial charge < -0.3 is 20.3 Å². The molecular weight excluding hydrogens is 295 g/mol. The standard InChI is InChI=1S/C12H12F3NO5/c1-21-9-5-6(2-3-8(9)17)4-7(10(18)19)16-11(20)12(13,14)15/h2-3,5,7,17H,4H2,1H3,(H,16,20)(H,18,19). The molecule has 0 heterocycles. The first-order valence-corrected chi connectivity index (χ1v) is 5.61. The summed E-state index contributed by atoms with van der Waals surface area (Å²) in [5, 5.41) is 19.6. The van der Waals surface area contributed by atoms with Gasteiger partial charge in [0, 0.05) is 6.42 Å². The number of phenolic OH excluding ortho intramolecular Hbond substituents is 1. The highest BCUT2D eigenvalue weighted by Crippen LogP contribution is 2.26. The predicted molar refractivity (Wildman–Crippen MR) is 64.0 cm³/mol. The molecule has 9 heteroatoms. The zero-order valence-corrected chi connectivity index (χ0v) is 10.8. The maximum absolute atomic E-state index is 12.1. The number of hydrogen-bond donors (Lipinski definition) is 3. The third-order valence-electron chi connectivity index (χ3n) is 2.54. The first-order chi connectivity index (χ1) is 9.65. The summed E-state index contributed by atoms with van der Waals surface area (Å²) in [6.07, 6.45) is -5.56. The number of hydrogen-bond acceptors (Lipinski definition) is 4. The molecule has 1 unspecified atom stereocenters. The topological polar surface area (TPSA) is 95.9 Å². The van der Waals surface area contributed by atoms with Crippen LogP contribution in [0.4, 0.5) is 13.2 Å². The van der Waals surface area contributed by atoms with Crippen LogP contribution in [0.2, 0.25) is 0 Å². The van der Waals surface area contributed by atoms with E-state index in [4.69, 9.17) is 9.84 Å². The number of aromatic hydroxyl groups is 1. The van der Waals surface area contributed by atoms with Gasteiger partial charge in [0.2, 0.25) is 0 Å². The molecule has 0 spiro atoms. The Bertz CT molecular complexity index is 544. The first-order valence-electron chi connectivity index (χ1n) is 5.61. The second-order valence-corrected chi connectivity index (χ2v) is 4.07. The molecule has 0 fully saturated rings. The van der Waals surface area contributed by atoms with Crippen LogP contribution < -0.4 is 10.1 Å². The van der Waals surface area contributed by atoms with E-state index in [0.717, 1.165) is 0 Å². The lowest BCUT2D eigenvalue weighted by molar-refractivity contribution is -0.175. The minimum Gasteiger partial charge on any atom is -0.504 e. The van der Waals surface area contributed by atoms with Gasteiger partial charge in [-0.2, -0.15) is 13.2 Å². The Morgan fingerprint density at radius 1 is 1.38 bits per heavy atom. The molecule has 0 radical (unpaired) electrons. The Balaban J connectivity index is 2.89. The fourth-order valence-electron chi connectivity index (χ4n) is 1.52. The van der Waals surface area contributed by atoms with Crippen LogP contribution in [-0.2, 0) is 16.0 Å². The van der Waals surface area contributed by atoms with Gasteiger partial charge in [-0.25, -0.2) is 4.79 Å². The Morgan fingerprint density at radius 3 is 2.48 bits per heavy atom. The fourth-order valence-corrected chi connectivity index (χ4v) is 1.52. The van der Waals surface area contributed by atoms with E-state index in [-0.39, 0.29) is 17.1 Å². The van der Waals surface area contributed by atoms with Crippen LogP contribution in [0, 0.1) is 0 Å². The quantitative estimate of drug-likeness (QED) is 0.756. The van der Waals surface area contributed by atoms with Gasteiger partial charge in [-0.15, -0.1) is 0 Å². The Labute approximate surface area is 117 Å². The second kappa shape index (κ2) is 6.33. The molecule has 0 saturated heterocycles. The van der Waals surface area contributed by atoms with Crippen LogP contribution >= 0.6 is 0 Å². The van der Waals surface area contributed by atoms with Crippen LogP contribution in [0.1, 0.15) is 5.56 Å². The predicted octanol–water partition coefficient (Wildman–Crippen LogP) is 1.07. The Kier molecular flexibility index (Phi) is 5.01. The molecule has 0 bridgehead atoms. The van der Waals surface area contributed by atoms with Crippen LogP contribution in [-0.4, -0.2) is 41.4 Å². The van der Waals surface area contributed by atoms with E-state index in [1.807, 2.05) is 0 Å². The minimum atomic E-state index is -5.17. The van der Waals surface area contributed by atoms with Crippen LogP contribution in [0.25, 0.3) is 0 Å². The molecule has 6 nitrogen and oxygen atoms in total. The molecule has 0 aliphatic heterocycles. The van der Waals surface area contributed by atoms with Gasteiger partial charge >= 0.3 is 18.1 Å². The van der Waals surface area contributed by atoms with Crippen molar-refractivity contribution in [3.63, 3.8) is 0 Å². The lowest BCUT2D eigenvalue weighted by atomic mass is 10.1. The van der Waals surface area contributed by atoms with E-state index in [0.29, 0.717) is 0 Å². The van der Waals surface area contributed by atoms with Gasteiger partial charge in [0.05, 0.1) is 7.11 Å². The Hall–Kier alpha value is -2.45. The highest BCUT2D eigenvalue weighted by atomic mass is 19.4. The van der Waals surface area contributed by atoms with Crippen molar-refractivity contribution >= 4 is 11.9 Å². The third-order valence-corrected chi connectivity index (χ3v) is 2.54. The summed E-state index contributed by atoms with van der Waals surface area (Å²) in [4.78, 5) is 21.7. The third kappa shape index (κ3) is 4.55. The fraction of sp³-hybridized carbons (Fsp3) is 0.333. The number of carboxylic acid groups (broad SMARTS) is 1. The number of alkyl halides is 3. The van der Waals surface area contributed by atoms with Crippen molar-refractivity contribution in [1.82, 2.24) is 5.32 Å². The van der Waals surface area contributed by atoms with Gasteiger partial charge in [-0.05, 0) is 17.7 Å². The van der Waals surface area contributed by atoms with E-state index in [1.54, 1.807) is 0 Å². The summed E-state index contributed by atoms with van der Waals surface area (Å²) in [5.74, 6) is -4.11. The molecule has 0 aromatic heterocycles. The minimum absolute atomic E-state index is 0.0405. The molecule has 1 rings (SSSR count). The van der Waals surface area contributed by atoms with Crippen molar-refractivity contribution < 1.29 is 37.7 Å². The molecule has 1 aromatic rings. The average Bonchev–Trinajstić information content (AvgIpc) is 2.38. The van der Waals surface area contributed by atoms with Crippen LogP contribution in [0.5, 0.6) is 11.5 Å². The number of amides is 1. The van der Waals surface area contributed by atoms with E-state index in [9.17, 15) is 27.9 Å². The molecule has 21 heavy (non-hydrogen) atoms. The number of rotatable bonds is 5. The summed E-state index contributed by atoms with van der Waals surface area (Å²) >= 11 is 0. The molecule has 1 aromatic carbocycles. The van der Waals surface area contributed by atoms with E-state index in [1.165, 1.54) is 30.6 Å². The molecule has 0 aliphatic rings. The van der Waals surface area contributed by atoms with Crippen molar-refractivity contribution in [1.29, 1.82) is 0 Å². The number of halogens is 3. The smallest absolute Gasteiger partial charge is 0.471 e. The maximum atomic E-state index is 12.1. The number of ether oxygens (including phenoxy) is 1. The van der Waals surface area contributed by atoms with Crippen molar-refractivity contribution in [3.05, 3.63) is 23.8 Å². The van der Waals surface area contributed by atoms with Crippen molar-refractivity contribution in [2.45, 2.75) is 18.6 Å². The lowest BCUT2D eigenvalue weighted by Gasteiger charge is -2.16. The maximum Gasteiger partial charge on any atom is 0.471 e. The highest BCUT2D eigenvalue weighted by Gasteiger charge is 2.40. The average molecular weight is 307 g/mol. The van der Waals surface area contributed by atoms with Gasteiger partial charge in [0.25, 0.3) is 0 Å². The van der Waals surface area contributed by atoms with Crippen LogP contribution in [0.15, 0.2) is 18.2 Å². The summed E-state index contributed by atoms with van der Waals surface area (Å²) in [6, 6.07) is 2.03. The summed E-state index contributed by atoms with van der Waals surface area (Å²) < 4.78 is 41.2.